The molecule has 0 amide bonds. The first-order chi connectivity index (χ1) is 21.4. The van der Waals surface area contributed by atoms with E-state index < -0.39 is 0 Å². The van der Waals surface area contributed by atoms with Crippen LogP contribution in [0.2, 0.25) is 0 Å². The first-order valence-electron chi connectivity index (χ1n) is 17.4. The van der Waals surface area contributed by atoms with Crippen LogP contribution in [-0.4, -0.2) is 38.0 Å². The molecule has 0 bridgehead atoms. The van der Waals surface area contributed by atoms with Crippen molar-refractivity contribution in [2.45, 2.75) is 135 Å². The van der Waals surface area contributed by atoms with Gasteiger partial charge in [0.05, 0.1) is 0 Å². The molecule has 0 radical (unpaired) electrons. The average Bonchev–Trinajstić information content (AvgIpc) is 3.04. The van der Waals surface area contributed by atoms with Gasteiger partial charge in [0, 0.05) is 68.3 Å². The third kappa shape index (κ3) is 24.2. The molecule has 0 unspecified atom stereocenters. The minimum atomic E-state index is 0. The van der Waals surface area contributed by atoms with Crippen molar-refractivity contribution in [3.05, 3.63) is 70.6 Å². The maximum atomic E-state index is 8.26. The summed E-state index contributed by atoms with van der Waals surface area (Å²) in [6.45, 7) is 5.28. The molecule has 8 heteroatoms. The molecule has 0 spiro atoms. The van der Waals surface area contributed by atoms with Crippen LogP contribution in [0.15, 0.2) is 54.2 Å². The molecule has 0 aromatic carbocycles. The number of aromatic nitrogens is 2. The fourth-order valence-electron chi connectivity index (χ4n) is 5.42. The molecule has 7 nitrogen and oxygen atoms in total. The van der Waals surface area contributed by atoms with E-state index >= 15 is 0 Å². The van der Waals surface area contributed by atoms with Crippen molar-refractivity contribution in [1.82, 2.24) is 4.98 Å². The topological polar surface area (TPSA) is 84.0 Å². The van der Waals surface area contributed by atoms with Crippen molar-refractivity contribution in [1.29, 1.82) is 0 Å². The second-order valence-electron chi connectivity index (χ2n) is 11.9. The van der Waals surface area contributed by atoms with E-state index in [9.17, 15) is 0 Å². The number of hydrogen-bond donors (Lipinski definition) is 0. The molecule has 0 saturated heterocycles. The predicted molar refractivity (Wildman–Crippen MR) is 177 cm³/mol. The summed E-state index contributed by atoms with van der Waals surface area (Å²) in [5.41, 5.74) is 11.0. The quantitative estimate of drug-likeness (QED) is 0.0324. The number of hydrogen-bond acceptors (Lipinski definition) is 4. The molecule has 0 aliphatic heterocycles. The molecule has 0 aliphatic rings. The Labute approximate surface area is 274 Å². The molecule has 0 aliphatic carbocycles. The summed E-state index contributed by atoms with van der Waals surface area (Å²) >= 11 is 0. The largest absolute Gasteiger partial charge is 1.00 e. The number of nitrogens with zero attached hydrogens (tertiary/aromatic N) is 5. The minimum absolute atomic E-state index is 0. The van der Waals surface area contributed by atoms with Gasteiger partial charge >= 0.3 is 0 Å². The lowest BCUT2D eigenvalue weighted by Gasteiger charge is -2.05. The van der Waals surface area contributed by atoms with Crippen LogP contribution >= 0.6 is 0 Å². The highest BCUT2D eigenvalue weighted by atomic mass is 35.5. The summed E-state index contributed by atoms with van der Waals surface area (Å²) in [4.78, 5) is 6.96. The summed E-state index contributed by atoms with van der Waals surface area (Å²) in [5.74, 6) is 0. The van der Waals surface area contributed by atoms with Crippen LogP contribution < -0.4 is 17.0 Å². The van der Waals surface area contributed by atoms with Gasteiger partial charge in [-0.25, -0.2) is 4.57 Å². The van der Waals surface area contributed by atoms with Gasteiger partial charge in [-0.2, -0.15) is 0 Å². The van der Waals surface area contributed by atoms with Gasteiger partial charge < -0.3 is 21.9 Å². The fourth-order valence-corrected chi connectivity index (χ4v) is 5.42. The molecule has 2 aromatic rings. The van der Waals surface area contributed by atoms with E-state index in [-0.39, 0.29) is 12.4 Å². The van der Waals surface area contributed by atoms with Crippen molar-refractivity contribution < 1.29 is 26.4 Å². The van der Waals surface area contributed by atoms with Crippen LogP contribution in [0.1, 0.15) is 127 Å². The zero-order valence-corrected chi connectivity index (χ0v) is 28.2. The van der Waals surface area contributed by atoms with Gasteiger partial charge in [-0.15, -0.1) is 0 Å². The van der Waals surface area contributed by atoms with Crippen molar-refractivity contribution in [3.63, 3.8) is 0 Å². The molecule has 44 heavy (non-hydrogen) atoms. The Kier molecular flexibility index (Phi) is 27.9. The SMILES string of the molecule is [Cl-].[N-]=[N+]=NCCCCCCCCCCCCOCCCc1ccc[n+](CCCCCCCCOCCCc2cccnc2)c1. The third-order valence-corrected chi connectivity index (χ3v) is 7.97. The summed E-state index contributed by atoms with van der Waals surface area (Å²) in [5, 5.41) is 3.58. The summed E-state index contributed by atoms with van der Waals surface area (Å²) in [7, 11) is 0. The average molecular weight is 630 g/mol. The van der Waals surface area contributed by atoms with Crippen LogP contribution in [0.5, 0.6) is 0 Å². The van der Waals surface area contributed by atoms with Gasteiger partial charge in [-0.3, -0.25) is 4.98 Å². The van der Waals surface area contributed by atoms with E-state index in [1.165, 1.54) is 107 Å². The fraction of sp³-hybridized carbons (Fsp3) is 0.722. The van der Waals surface area contributed by atoms with Gasteiger partial charge in [0.25, 0.3) is 0 Å². The third-order valence-electron chi connectivity index (χ3n) is 7.97. The van der Waals surface area contributed by atoms with E-state index in [1.807, 2.05) is 18.5 Å². The standard InChI is InChI=1S/C36H60N5O2.ClH/c37-40-39-26-13-9-5-3-1-2-4-7-11-15-30-43-32-20-24-36-22-18-28-41(34-36)27-14-10-6-8-12-16-29-42-31-19-23-35-21-17-25-38-33-35;/h17-18,21-22,25,28,33-34H,1-16,19-20,23-24,26-27,29-32H2;1H/q+1;/p-1. The normalized spacial score (nSPS) is 10.8. The first kappa shape index (κ1) is 39.8. The zero-order chi connectivity index (χ0) is 30.3. The molecule has 0 fully saturated rings. The number of aryl methyl sites for hydroxylation is 3. The Morgan fingerprint density at radius 3 is 1.75 bits per heavy atom. The molecule has 0 atom stereocenters. The van der Waals surface area contributed by atoms with Crippen molar-refractivity contribution in [3.8, 4) is 0 Å². The second-order valence-corrected chi connectivity index (χ2v) is 11.9. The second kappa shape index (κ2) is 30.8. The van der Waals surface area contributed by atoms with Gasteiger partial charge in [0.15, 0.2) is 12.4 Å². The Morgan fingerprint density at radius 1 is 0.636 bits per heavy atom. The highest BCUT2D eigenvalue weighted by molar-refractivity contribution is 5.08. The number of azide groups is 1. The van der Waals surface area contributed by atoms with E-state index in [1.54, 1.807) is 0 Å². The van der Waals surface area contributed by atoms with E-state index in [2.05, 4.69) is 50.2 Å². The smallest absolute Gasteiger partial charge is 0.171 e. The van der Waals surface area contributed by atoms with Gasteiger partial charge in [0.2, 0.25) is 0 Å². The maximum absolute atomic E-state index is 8.26. The summed E-state index contributed by atoms with van der Waals surface area (Å²) in [6, 6.07) is 8.58. The Bertz CT molecular complexity index is 943. The van der Waals surface area contributed by atoms with E-state index in [4.69, 9.17) is 15.0 Å². The molecular formula is C36H60ClN5O2. The maximum Gasteiger partial charge on any atom is 0.171 e. The lowest BCUT2D eigenvalue weighted by molar-refractivity contribution is -0.697. The van der Waals surface area contributed by atoms with Crippen LogP contribution in [0.25, 0.3) is 10.4 Å². The molecule has 2 rings (SSSR count). The molecule has 248 valence electrons. The van der Waals surface area contributed by atoms with E-state index in [0.29, 0.717) is 6.54 Å². The Hall–Kier alpha value is -2.18. The Balaban J connectivity index is 0.00000968. The van der Waals surface area contributed by atoms with Crippen molar-refractivity contribution in [2.24, 2.45) is 5.11 Å². The Morgan fingerprint density at radius 2 is 1.16 bits per heavy atom. The lowest BCUT2D eigenvalue weighted by atomic mass is 10.1. The number of unbranched alkanes of at least 4 members (excludes halogenated alkanes) is 14. The van der Waals surface area contributed by atoms with Gasteiger partial charge in [0.1, 0.15) is 6.54 Å². The van der Waals surface area contributed by atoms with Crippen molar-refractivity contribution in [2.75, 3.05) is 33.0 Å². The molecule has 2 heterocycles. The predicted octanol–water partition coefficient (Wildman–Crippen LogP) is 6.52. The number of rotatable bonds is 30. The monoisotopic (exact) mass is 629 g/mol. The van der Waals surface area contributed by atoms with Crippen molar-refractivity contribution >= 4 is 0 Å². The number of ether oxygens (including phenoxy) is 2. The van der Waals surface area contributed by atoms with Crippen LogP contribution in [0, 0.1) is 0 Å². The number of halogens is 1. The lowest BCUT2D eigenvalue weighted by Crippen LogP contribution is -3.00. The highest BCUT2D eigenvalue weighted by Crippen LogP contribution is 2.11. The molecule has 2 aromatic heterocycles. The summed E-state index contributed by atoms with van der Waals surface area (Å²) in [6.07, 6.45) is 32.9. The first-order valence-corrected chi connectivity index (χ1v) is 17.4. The van der Waals surface area contributed by atoms with E-state index in [0.717, 1.165) is 65.1 Å². The van der Waals surface area contributed by atoms with Gasteiger partial charge in [-0.1, -0.05) is 81.8 Å². The van der Waals surface area contributed by atoms with Crippen LogP contribution in [0.4, 0.5) is 0 Å². The van der Waals surface area contributed by atoms with Crippen LogP contribution in [0.3, 0.4) is 0 Å². The zero-order valence-electron chi connectivity index (χ0n) is 27.4. The molecular weight excluding hydrogens is 570 g/mol. The molecule has 0 saturated carbocycles. The highest BCUT2D eigenvalue weighted by Gasteiger charge is 2.04. The molecule has 0 N–H and O–H groups in total. The summed E-state index contributed by atoms with van der Waals surface area (Å²) < 4.78 is 14.1. The van der Waals surface area contributed by atoms with Gasteiger partial charge in [-0.05, 0) is 74.6 Å². The minimum Gasteiger partial charge on any atom is -1.00 e. The number of pyridine rings is 2. The van der Waals surface area contributed by atoms with Crippen LogP contribution in [-0.2, 0) is 28.9 Å².